The molecule has 0 aromatic rings. The first-order valence-electron chi connectivity index (χ1n) is 4.81. The molecule has 1 unspecified atom stereocenters. The maximum Gasteiger partial charge on any atom is 0.0918 e. The molecule has 0 aromatic heterocycles. The maximum absolute atomic E-state index is 7.09. The monoisotopic (exact) mass is 185 g/mol. The Kier molecular flexibility index (Phi) is 4.18. The van der Waals surface area contributed by atoms with Gasteiger partial charge in [-0.3, -0.25) is 5.41 Å². The van der Waals surface area contributed by atoms with Gasteiger partial charge in [0.05, 0.1) is 11.9 Å². The Bertz CT molecular complexity index is 166. The van der Waals surface area contributed by atoms with Crippen LogP contribution in [0.5, 0.6) is 0 Å². The molecule has 0 aliphatic carbocycles. The number of hydrogen-bond acceptors (Lipinski definition) is 3. The fraction of sp³-hybridized carbons (Fsp3) is 0.889. The maximum atomic E-state index is 7.09. The summed E-state index contributed by atoms with van der Waals surface area (Å²) in [4.78, 5) is 2.18. The van der Waals surface area contributed by atoms with E-state index in [4.69, 9.17) is 15.9 Å². The van der Waals surface area contributed by atoms with Gasteiger partial charge < -0.3 is 15.4 Å². The Labute approximate surface area is 79.6 Å². The molecule has 76 valence electrons. The molecule has 1 heterocycles. The molecule has 0 aromatic carbocycles. The van der Waals surface area contributed by atoms with Gasteiger partial charge in [0.1, 0.15) is 0 Å². The molecular formula is C9H19N3O. The van der Waals surface area contributed by atoms with E-state index < -0.39 is 0 Å². The minimum absolute atomic E-state index is 0.263. The zero-order valence-corrected chi connectivity index (χ0v) is 8.25. The molecule has 0 saturated carbocycles. The van der Waals surface area contributed by atoms with Crippen LogP contribution in [0.15, 0.2) is 0 Å². The molecule has 0 radical (unpaired) electrons. The van der Waals surface area contributed by atoms with Crippen molar-refractivity contribution in [2.45, 2.75) is 25.4 Å². The highest BCUT2D eigenvalue weighted by molar-refractivity contribution is 5.76. The Morgan fingerprint density at radius 1 is 1.69 bits per heavy atom. The van der Waals surface area contributed by atoms with Gasteiger partial charge in [0.15, 0.2) is 0 Å². The summed E-state index contributed by atoms with van der Waals surface area (Å²) in [5.41, 5.74) is 5.27. The molecule has 4 nitrogen and oxygen atoms in total. The molecule has 3 N–H and O–H groups in total. The van der Waals surface area contributed by atoms with Gasteiger partial charge in [-0.25, -0.2) is 0 Å². The lowest BCUT2D eigenvalue weighted by molar-refractivity contribution is 0.0820. The van der Waals surface area contributed by atoms with Crippen molar-refractivity contribution in [3.63, 3.8) is 0 Å². The quantitative estimate of drug-likeness (QED) is 0.482. The van der Waals surface area contributed by atoms with E-state index >= 15 is 0 Å². The topological polar surface area (TPSA) is 62.3 Å². The standard InChI is InChI=1S/C9H19N3O/c1-12(5-4-9(10)11)7-8-3-2-6-13-8/h8H,2-7H2,1H3,(H3,10,11). The lowest BCUT2D eigenvalue weighted by atomic mass is 10.2. The van der Waals surface area contributed by atoms with E-state index in [9.17, 15) is 0 Å². The van der Waals surface area contributed by atoms with Gasteiger partial charge in [-0.2, -0.15) is 0 Å². The van der Waals surface area contributed by atoms with E-state index in [1.54, 1.807) is 0 Å². The van der Waals surface area contributed by atoms with Gasteiger partial charge >= 0.3 is 0 Å². The molecule has 1 aliphatic rings. The van der Waals surface area contributed by atoms with Crippen molar-refractivity contribution in [2.75, 3.05) is 26.7 Å². The highest BCUT2D eigenvalue weighted by Gasteiger charge is 2.16. The summed E-state index contributed by atoms with van der Waals surface area (Å²) in [6, 6.07) is 0. The largest absolute Gasteiger partial charge is 0.388 e. The summed E-state index contributed by atoms with van der Waals surface area (Å²) in [7, 11) is 2.05. The van der Waals surface area contributed by atoms with Crippen molar-refractivity contribution in [3.8, 4) is 0 Å². The molecule has 1 atom stereocenters. The van der Waals surface area contributed by atoms with Crippen LogP contribution in [0.1, 0.15) is 19.3 Å². The number of ether oxygens (including phenoxy) is 1. The number of hydrogen-bond donors (Lipinski definition) is 2. The van der Waals surface area contributed by atoms with Crippen LogP contribution in [0, 0.1) is 5.41 Å². The van der Waals surface area contributed by atoms with Crippen molar-refractivity contribution >= 4 is 5.84 Å². The third kappa shape index (κ3) is 4.24. The van der Waals surface area contributed by atoms with Crippen LogP contribution in [-0.2, 0) is 4.74 Å². The highest BCUT2D eigenvalue weighted by atomic mass is 16.5. The number of amidine groups is 1. The lowest BCUT2D eigenvalue weighted by Gasteiger charge is -2.19. The molecule has 0 amide bonds. The molecule has 1 fully saturated rings. The van der Waals surface area contributed by atoms with Gasteiger partial charge in [-0.05, 0) is 19.9 Å². The van der Waals surface area contributed by atoms with E-state index in [1.807, 2.05) is 7.05 Å². The number of nitrogens with two attached hydrogens (primary N) is 1. The summed E-state index contributed by atoms with van der Waals surface area (Å²) in [5, 5.41) is 7.09. The second kappa shape index (κ2) is 5.19. The molecule has 0 bridgehead atoms. The molecule has 1 aliphatic heterocycles. The molecule has 1 saturated heterocycles. The number of likely N-dealkylation sites (N-methyl/N-ethyl adjacent to an activating group) is 1. The van der Waals surface area contributed by atoms with E-state index in [1.165, 1.54) is 12.8 Å². The first kappa shape index (κ1) is 10.5. The Morgan fingerprint density at radius 2 is 2.46 bits per heavy atom. The van der Waals surface area contributed by atoms with Crippen LogP contribution in [-0.4, -0.2) is 43.6 Å². The number of nitrogens with zero attached hydrogens (tertiary/aromatic N) is 1. The number of rotatable bonds is 5. The van der Waals surface area contributed by atoms with Crippen molar-refractivity contribution < 1.29 is 4.74 Å². The molecule has 4 heteroatoms. The first-order chi connectivity index (χ1) is 6.18. The van der Waals surface area contributed by atoms with Gasteiger partial charge in [0, 0.05) is 26.1 Å². The molecule has 1 rings (SSSR count). The van der Waals surface area contributed by atoms with E-state index in [-0.39, 0.29) is 5.84 Å². The SMILES string of the molecule is CN(CCC(=N)N)CC1CCCO1. The van der Waals surface area contributed by atoms with Gasteiger partial charge in [0.25, 0.3) is 0 Å². The first-order valence-corrected chi connectivity index (χ1v) is 4.81. The van der Waals surface area contributed by atoms with Crippen molar-refractivity contribution in [3.05, 3.63) is 0 Å². The van der Waals surface area contributed by atoms with Crippen molar-refractivity contribution in [1.82, 2.24) is 4.90 Å². The second-order valence-electron chi connectivity index (χ2n) is 3.67. The average molecular weight is 185 g/mol. The van der Waals surface area contributed by atoms with Crippen LogP contribution in [0.2, 0.25) is 0 Å². The molecular weight excluding hydrogens is 166 g/mol. The fourth-order valence-electron chi connectivity index (χ4n) is 1.54. The van der Waals surface area contributed by atoms with E-state index in [2.05, 4.69) is 4.90 Å². The zero-order chi connectivity index (χ0) is 9.68. The molecule has 0 spiro atoms. The van der Waals surface area contributed by atoms with E-state index in [0.29, 0.717) is 12.5 Å². The van der Waals surface area contributed by atoms with Crippen LogP contribution in [0.3, 0.4) is 0 Å². The summed E-state index contributed by atoms with van der Waals surface area (Å²) in [6.07, 6.45) is 3.41. The highest BCUT2D eigenvalue weighted by Crippen LogP contribution is 2.12. The molecule has 13 heavy (non-hydrogen) atoms. The van der Waals surface area contributed by atoms with Crippen LogP contribution in [0.4, 0.5) is 0 Å². The Morgan fingerprint density at radius 3 is 3.00 bits per heavy atom. The zero-order valence-electron chi connectivity index (χ0n) is 8.25. The van der Waals surface area contributed by atoms with Gasteiger partial charge in [0.2, 0.25) is 0 Å². The minimum Gasteiger partial charge on any atom is -0.388 e. The number of nitrogens with one attached hydrogen (secondary N) is 1. The predicted octanol–water partition coefficient (Wildman–Crippen LogP) is 0.423. The minimum atomic E-state index is 0.263. The van der Waals surface area contributed by atoms with Crippen LogP contribution in [0.25, 0.3) is 0 Å². The predicted molar refractivity (Wildman–Crippen MR) is 53.0 cm³/mol. The van der Waals surface area contributed by atoms with E-state index in [0.717, 1.165) is 19.7 Å². The van der Waals surface area contributed by atoms with Crippen molar-refractivity contribution in [2.24, 2.45) is 5.73 Å². The Balaban J connectivity index is 2.09. The Hall–Kier alpha value is -0.610. The van der Waals surface area contributed by atoms with Gasteiger partial charge in [-0.15, -0.1) is 0 Å². The summed E-state index contributed by atoms with van der Waals surface area (Å²) in [6.45, 7) is 2.73. The summed E-state index contributed by atoms with van der Waals surface area (Å²) >= 11 is 0. The third-order valence-electron chi connectivity index (χ3n) is 2.30. The summed E-state index contributed by atoms with van der Waals surface area (Å²) in [5.74, 6) is 0.263. The fourth-order valence-corrected chi connectivity index (χ4v) is 1.54. The third-order valence-corrected chi connectivity index (χ3v) is 2.30. The van der Waals surface area contributed by atoms with Gasteiger partial charge in [-0.1, -0.05) is 0 Å². The van der Waals surface area contributed by atoms with Crippen LogP contribution < -0.4 is 5.73 Å². The van der Waals surface area contributed by atoms with Crippen LogP contribution >= 0.6 is 0 Å². The smallest absolute Gasteiger partial charge is 0.0918 e. The van der Waals surface area contributed by atoms with Crippen molar-refractivity contribution in [1.29, 1.82) is 5.41 Å². The lowest BCUT2D eigenvalue weighted by Crippen LogP contribution is -2.31. The summed E-state index contributed by atoms with van der Waals surface area (Å²) < 4.78 is 5.50. The second-order valence-corrected chi connectivity index (χ2v) is 3.67. The normalized spacial score (nSPS) is 22.5. The average Bonchev–Trinajstić information content (AvgIpc) is 2.53.